The zero-order chi connectivity index (χ0) is 18.0. The fourth-order valence-electron chi connectivity index (χ4n) is 3.30. The number of hydrogen-bond acceptors (Lipinski definition) is 3. The maximum Gasteiger partial charge on any atom is 0.279 e. The molecule has 0 unspecified atom stereocenters. The van der Waals surface area contributed by atoms with Crippen LogP contribution in [-0.4, -0.2) is 48.4 Å². The number of rotatable bonds is 4. The van der Waals surface area contributed by atoms with Crippen molar-refractivity contribution in [3.8, 4) is 0 Å². The Morgan fingerprint density at radius 2 is 2.04 bits per heavy atom. The van der Waals surface area contributed by atoms with Gasteiger partial charge in [0.15, 0.2) is 6.54 Å². The van der Waals surface area contributed by atoms with Crippen LogP contribution in [0.3, 0.4) is 0 Å². The average Bonchev–Trinajstić information content (AvgIpc) is 2.82. The summed E-state index contributed by atoms with van der Waals surface area (Å²) in [5.41, 5.74) is 3.82. The molecule has 6 nitrogen and oxygen atoms in total. The maximum atomic E-state index is 12.4. The van der Waals surface area contributed by atoms with Crippen LogP contribution in [0.2, 0.25) is 5.02 Å². The van der Waals surface area contributed by atoms with Crippen molar-refractivity contribution in [3.05, 3.63) is 40.7 Å². The van der Waals surface area contributed by atoms with Crippen molar-refractivity contribution in [1.29, 1.82) is 0 Å². The standard InChI is InChI=1S/C18H24ClN5O/c1-13-18(14(2)22(3)21-13)20-17(25)12-23-7-9-24(10-8-23)16-6-4-5-15(19)11-16/h4-6,11H,7-10,12H2,1-3H3,(H,20,25)/p+1. The molecule has 1 aliphatic rings. The van der Waals surface area contributed by atoms with Crippen molar-refractivity contribution in [2.75, 3.05) is 42.9 Å². The van der Waals surface area contributed by atoms with E-state index in [-0.39, 0.29) is 5.91 Å². The molecule has 1 aromatic carbocycles. The first-order valence-corrected chi connectivity index (χ1v) is 8.96. The normalized spacial score (nSPS) is 15.4. The van der Waals surface area contributed by atoms with Gasteiger partial charge in [0, 0.05) is 17.8 Å². The number of aromatic nitrogens is 2. The molecule has 2 aromatic rings. The zero-order valence-electron chi connectivity index (χ0n) is 15.0. The van der Waals surface area contributed by atoms with E-state index in [9.17, 15) is 4.79 Å². The zero-order valence-corrected chi connectivity index (χ0v) is 15.7. The second-order valence-electron chi connectivity index (χ2n) is 6.61. The van der Waals surface area contributed by atoms with Gasteiger partial charge in [0.25, 0.3) is 5.91 Å². The molecule has 0 bridgehead atoms. The van der Waals surface area contributed by atoms with Crippen LogP contribution >= 0.6 is 11.6 Å². The molecule has 2 N–H and O–H groups in total. The number of nitrogens with one attached hydrogen (secondary N) is 2. The van der Waals surface area contributed by atoms with Crippen LogP contribution in [-0.2, 0) is 11.8 Å². The highest BCUT2D eigenvalue weighted by Crippen LogP contribution is 2.19. The molecule has 1 aliphatic heterocycles. The lowest BCUT2D eigenvalue weighted by Crippen LogP contribution is -3.15. The minimum absolute atomic E-state index is 0.0467. The SMILES string of the molecule is Cc1nn(C)c(C)c1NC(=O)C[NH+]1CCN(c2cccc(Cl)c2)CC1. The topological polar surface area (TPSA) is 54.6 Å². The predicted octanol–water partition coefficient (Wildman–Crippen LogP) is 1.03. The molecule has 0 atom stereocenters. The van der Waals surface area contributed by atoms with Crippen LogP contribution in [0.15, 0.2) is 24.3 Å². The lowest BCUT2D eigenvalue weighted by atomic mass is 10.2. The molecule has 134 valence electrons. The minimum Gasteiger partial charge on any atom is -0.360 e. The van der Waals surface area contributed by atoms with Gasteiger partial charge in [-0.15, -0.1) is 0 Å². The van der Waals surface area contributed by atoms with Gasteiger partial charge in [-0.05, 0) is 32.0 Å². The van der Waals surface area contributed by atoms with Crippen LogP contribution in [0.4, 0.5) is 11.4 Å². The third kappa shape index (κ3) is 4.14. The highest BCUT2D eigenvalue weighted by Gasteiger charge is 2.23. The van der Waals surface area contributed by atoms with Crippen molar-refractivity contribution in [2.24, 2.45) is 7.05 Å². The van der Waals surface area contributed by atoms with E-state index in [4.69, 9.17) is 11.6 Å². The van der Waals surface area contributed by atoms with Gasteiger partial charge in [0.1, 0.15) is 0 Å². The Kier molecular flexibility index (Phi) is 5.30. The van der Waals surface area contributed by atoms with E-state index in [1.165, 1.54) is 4.90 Å². The van der Waals surface area contributed by atoms with Crippen LogP contribution in [0.5, 0.6) is 0 Å². The lowest BCUT2D eigenvalue weighted by molar-refractivity contribution is -0.892. The van der Waals surface area contributed by atoms with Gasteiger partial charge < -0.3 is 15.1 Å². The Labute approximate surface area is 153 Å². The number of piperazine rings is 1. The van der Waals surface area contributed by atoms with Crippen LogP contribution in [0.1, 0.15) is 11.4 Å². The maximum absolute atomic E-state index is 12.4. The number of carbonyl (C=O) groups is 1. The Bertz CT molecular complexity index is 765. The Morgan fingerprint density at radius 1 is 1.32 bits per heavy atom. The molecule has 0 aliphatic carbocycles. The van der Waals surface area contributed by atoms with Gasteiger partial charge in [0.05, 0.1) is 43.3 Å². The smallest absolute Gasteiger partial charge is 0.279 e. The van der Waals surface area contributed by atoms with E-state index >= 15 is 0 Å². The van der Waals surface area contributed by atoms with E-state index in [0.29, 0.717) is 6.54 Å². The largest absolute Gasteiger partial charge is 0.360 e. The van der Waals surface area contributed by atoms with Gasteiger partial charge >= 0.3 is 0 Å². The summed E-state index contributed by atoms with van der Waals surface area (Å²) in [7, 11) is 1.89. The molecule has 2 heterocycles. The first-order valence-electron chi connectivity index (χ1n) is 8.58. The second-order valence-corrected chi connectivity index (χ2v) is 7.05. The van der Waals surface area contributed by atoms with Crippen LogP contribution in [0, 0.1) is 13.8 Å². The predicted molar refractivity (Wildman–Crippen MR) is 101 cm³/mol. The molecule has 25 heavy (non-hydrogen) atoms. The summed E-state index contributed by atoms with van der Waals surface area (Å²) in [5, 5.41) is 8.12. The number of aryl methyl sites for hydroxylation is 2. The molecule has 0 spiro atoms. The van der Waals surface area contributed by atoms with E-state index in [1.54, 1.807) is 4.68 Å². The van der Waals surface area contributed by atoms with Crippen molar-refractivity contribution >= 4 is 28.9 Å². The monoisotopic (exact) mass is 362 g/mol. The van der Waals surface area contributed by atoms with Gasteiger partial charge in [-0.25, -0.2) is 0 Å². The van der Waals surface area contributed by atoms with E-state index in [2.05, 4.69) is 21.4 Å². The quantitative estimate of drug-likeness (QED) is 0.854. The number of quaternary nitrogens is 1. The molecular formula is C18H25ClN5O+. The van der Waals surface area contributed by atoms with E-state index < -0.39 is 0 Å². The summed E-state index contributed by atoms with van der Waals surface area (Å²) in [4.78, 5) is 16.0. The molecule has 1 fully saturated rings. The number of benzene rings is 1. The van der Waals surface area contributed by atoms with Gasteiger partial charge in [-0.1, -0.05) is 17.7 Å². The molecular weight excluding hydrogens is 338 g/mol. The first-order chi connectivity index (χ1) is 11.9. The first kappa shape index (κ1) is 17.8. The fraction of sp³-hybridized carbons (Fsp3) is 0.444. The van der Waals surface area contributed by atoms with Crippen LogP contribution < -0.4 is 15.1 Å². The summed E-state index contributed by atoms with van der Waals surface area (Å²) >= 11 is 6.07. The molecule has 0 saturated carbocycles. The number of hydrogen-bond donors (Lipinski definition) is 2. The average molecular weight is 363 g/mol. The second kappa shape index (κ2) is 7.45. The molecule has 1 saturated heterocycles. The van der Waals surface area contributed by atoms with Gasteiger partial charge in [0.2, 0.25) is 0 Å². The Balaban J connectivity index is 1.52. The molecule has 7 heteroatoms. The van der Waals surface area contributed by atoms with Crippen molar-refractivity contribution in [3.63, 3.8) is 0 Å². The summed E-state index contributed by atoms with van der Waals surface area (Å²) < 4.78 is 1.79. The summed E-state index contributed by atoms with van der Waals surface area (Å²) in [6.07, 6.45) is 0. The van der Waals surface area contributed by atoms with E-state index in [0.717, 1.165) is 54.0 Å². The number of nitrogens with zero attached hydrogens (tertiary/aromatic N) is 3. The molecule has 1 aromatic heterocycles. The molecule has 3 rings (SSSR count). The van der Waals surface area contributed by atoms with Gasteiger partial charge in [-0.2, -0.15) is 5.10 Å². The van der Waals surface area contributed by atoms with Crippen LogP contribution in [0.25, 0.3) is 0 Å². The third-order valence-electron chi connectivity index (χ3n) is 4.83. The number of anilines is 2. The van der Waals surface area contributed by atoms with E-state index in [1.807, 2.05) is 39.1 Å². The Hall–Kier alpha value is -2.05. The summed E-state index contributed by atoms with van der Waals surface area (Å²) in [5.74, 6) is 0.0467. The summed E-state index contributed by atoms with van der Waals surface area (Å²) in [6, 6.07) is 7.94. The number of amides is 1. The molecule has 0 radical (unpaired) electrons. The summed E-state index contributed by atoms with van der Waals surface area (Å²) in [6.45, 7) is 8.08. The highest BCUT2D eigenvalue weighted by atomic mass is 35.5. The number of carbonyl (C=O) groups excluding carboxylic acids is 1. The fourth-order valence-corrected chi connectivity index (χ4v) is 3.48. The van der Waals surface area contributed by atoms with Crippen molar-refractivity contribution in [2.45, 2.75) is 13.8 Å². The lowest BCUT2D eigenvalue weighted by Gasteiger charge is -2.33. The van der Waals surface area contributed by atoms with Gasteiger partial charge in [-0.3, -0.25) is 9.48 Å². The van der Waals surface area contributed by atoms with Crippen molar-refractivity contribution < 1.29 is 9.69 Å². The number of halogens is 1. The third-order valence-corrected chi connectivity index (χ3v) is 5.06. The Morgan fingerprint density at radius 3 is 2.64 bits per heavy atom. The minimum atomic E-state index is 0.0467. The van der Waals surface area contributed by atoms with Crippen molar-refractivity contribution in [1.82, 2.24) is 9.78 Å². The molecule has 1 amide bonds. The highest BCUT2D eigenvalue weighted by molar-refractivity contribution is 6.30.